The zero-order valence-corrected chi connectivity index (χ0v) is 15.8. The standard InChI is InChI=1S/C20H14BrN3O3/c1-27-16-8-7-12(9-14(16)21)15-10-13(20(25)26)17-18(23-24-19(17)22-15)11-5-3-2-4-6-11/h2-10H,1H3,(H,25,26)(H,22,23,24). The van der Waals surface area contributed by atoms with Gasteiger partial charge in [-0.3, -0.25) is 5.10 Å². The molecule has 0 aliphatic heterocycles. The molecule has 0 spiro atoms. The van der Waals surface area contributed by atoms with Gasteiger partial charge in [-0.1, -0.05) is 30.3 Å². The van der Waals surface area contributed by atoms with Crippen LogP contribution in [-0.4, -0.2) is 33.4 Å². The molecule has 2 N–H and O–H groups in total. The molecule has 4 aromatic rings. The predicted molar refractivity (Wildman–Crippen MR) is 106 cm³/mol. The van der Waals surface area contributed by atoms with Crippen molar-refractivity contribution >= 4 is 32.9 Å². The first-order chi connectivity index (χ1) is 13.1. The Bertz CT molecular complexity index is 1160. The van der Waals surface area contributed by atoms with Gasteiger partial charge in [-0.15, -0.1) is 0 Å². The lowest BCUT2D eigenvalue weighted by Gasteiger charge is -2.08. The Labute approximate surface area is 163 Å². The number of carboxylic acid groups (broad SMARTS) is 1. The summed E-state index contributed by atoms with van der Waals surface area (Å²) in [6.07, 6.45) is 0. The molecule has 6 nitrogen and oxygen atoms in total. The Kier molecular flexibility index (Phi) is 4.37. The monoisotopic (exact) mass is 423 g/mol. The third-order valence-corrected chi connectivity index (χ3v) is 4.88. The van der Waals surface area contributed by atoms with E-state index < -0.39 is 5.97 Å². The van der Waals surface area contributed by atoms with Gasteiger partial charge in [0.2, 0.25) is 0 Å². The van der Waals surface area contributed by atoms with E-state index in [1.54, 1.807) is 19.2 Å². The maximum absolute atomic E-state index is 11.9. The van der Waals surface area contributed by atoms with Crippen molar-refractivity contribution in [1.82, 2.24) is 15.2 Å². The molecule has 0 radical (unpaired) electrons. The number of carbonyl (C=O) groups is 1. The average molecular weight is 424 g/mol. The van der Waals surface area contributed by atoms with Gasteiger partial charge >= 0.3 is 5.97 Å². The number of halogens is 1. The van der Waals surface area contributed by atoms with Crippen LogP contribution < -0.4 is 4.74 Å². The van der Waals surface area contributed by atoms with Gasteiger partial charge in [-0.05, 0) is 40.2 Å². The van der Waals surface area contributed by atoms with Gasteiger partial charge in [-0.25, -0.2) is 9.78 Å². The van der Waals surface area contributed by atoms with E-state index in [4.69, 9.17) is 4.74 Å². The molecule has 7 heteroatoms. The normalized spacial score (nSPS) is 10.9. The molecule has 134 valence electrons. The number of aromatic nitrogens is 3. The smallest absolute Gasteiger partial charge is 0.336 e. The van der Waals surface area contributed by atoms with Gasteiger partial charge in [0.25, 0.3) is 0 Å². The third-order valence-electron chi connectivity index (χ3n) is 4.26. The maximum Gasteiger partial charge on any atom is 0.336 e. The van der Waals surface area contributed by atoms with Crippen molar-refractivity contribution in [3.05, 3.63) is 64.6 Å². The number of pyridine rings is 1. The number of fused-ring (bicyclic) bond motifs is 1. The summed E-state index contributed by atoms with van der Waals surface area (Å²) >= 11 is 3.45. The molecule has 2 aromatic carbocycles. The average Bonchev–Trinajstić information content (AvgIpc) is 3.11. The molecule has 2 heterocycles. The van der Waals surface area contributed by atoms with Crippen LogP contribution in [0.25, 0.3) is 33.5 Å². The number of rotatable bonds is 4. The minimum atomic E-state index is -1.03. The minimum absolute atomic E-state index is 0.148. The van der Waals surface area contributed by atoms with Crippen LogP contribution in [0.4, 0.5) is 0 Å². The highest BCUT2D eigenvalue weighted by Crippen LogP contribution is 2.34. The number of nitrogens with zero attached hydrogens (tertiary/aromatic N) is 2. The Balaban J connectivity index is 1.93. The van der Waals surface area contributed by atoms with Crippen molar-refractivity contribution in [3.8, 4) is 28.3 Å². The summed E-state index contributed by atoms with van der Waals surface area (Å²) in [5, 5.41) is 17.4. The number of hydrogen-bond donors (Lipinski definition) is 2. The summed E-state index contributed by atoms with van der Waals surface area (Å²) in [6.45, 7) is 0. The maximum atomic E-state index is 11.9. The van der Waals surface area contributed by atoms with Crippen LogP contribution in [0.3, 0.4) is 0 Å². The van der Waals surface area contributed by atoms with E-state index in [2.05, 4.69) is 31.1 Å². The van der Waals surface area contributed by atoms with Gasteiger partial charge in [-0.2, -0.15) is 5.10 Å². The SMILES string of the molecule is COc1ccc(-c2cc(C(=O)O)c3c(-c4ccccc4)[nH]nc3n2)cc1Br. The van der Waals surface area contributed by atoms with Gasteiger partial charge in [0.05, 0.1) is 33.9 Å². The number of hydrogen-bond acceptors (Lipinski definition) is 4. The highest BCUT2D eigenvalue weighted by molar-refractivity contribution is 9.10. The summed E-state index contributed by atoms with van der Waals surface area (Å²) in [7, 11) is 1.58. The number of nitrogens with one attached hydrogen (secondary N) is 1. The van der Waals surface area contributed by atoms with E-state index in [0.717, 1.165) is 15.6 Å². The van der Waals surface area contributed by atoms with Crippen molar-refractivity contribution in [1.29, 1.82) is 0 Å². The fraction of sp³-hybridized carbons (Fsp3) is 0.0500. The topological polar surface area (TPSA) is 88.1 Å². The van der Waals surface area contributed by atoms with Crippen molar-refractivity contribution < 1.29 is 14.6 Å². The lowest BCUT2D eigenvalue weighted by molar-refractivity contribution is 0.0699. The molecule has 0 unspecified atom stereocenters. The first-order valence-corrected chi connectivity index (χ1v) is 8.89. The van der Waals surface area contributed by atoms with Gasteiger partial charge in [0.1, 0.15) is 5.75 Å². The summed E-state index contributed by atoms with van der Waals surface area (Å²) < 4.78 is 6.00. The second kappa shape index (κ2) is 6.85. The molecule has 27 heavy (non-hydrogen) atoms. The first-order valence-electron chi connectivity index (χ1n) is 8.10. The molecule has 0 saturated heterocycles. The lowest BCUT2D eigenvalue weighted by Crippen LogP contribution is -2.00. The number of methoxy groups -OCH3 is 1. The Morgan fingerprint density at radius 3 is 2.56 bits per heavy atom. The van der Waals surface area contributed by atoms with Crippen LogP contribution >= 0.6 is 15.9 Å². The number of benzene rings is 2. The molecule has 0 atom stereocenters. The zero-order chi connectivity index (χ0) is 19.0. The van der Waals surface area contributed by atoms with E-state index in [1.165, 1.54) is 0 Å². The van der Waals surface area contributed by atoms with Crippen molar-refractivity contribution in [3.63, 3.8) is 0 Å². The number of aromatic amines is 1. The van der Waals surface area contributed by atoms with E-state index in [9.17, 15) is 9.90 Å². The number of carboxylic acids is 1. The van der Waals surface area contributed by atoms with Gasteiger partial charge in [0.15, 0.2) is 5.65 Å². The van der Waals surface area contributed by atoms with Crippen LogP contribution in [-0.2, 0) is 0 Å². The van der Waals surface area contributed by atoms with E-state index in [0.29, 0.717) is 28.2 Å². The molecule has 2 aromatic heterocycles. The second-order valence-corrected chi connectivity index (χ2v) is 6.73. The third kappa shape index (κ3) is 3.06. The summed E-state index contributed by atoms with van der Waals surface area (Å²) in [6, 6.07) is 16.5. The van der Waals surface area contributed by atoms with Gasteiger partial charge < -0.3 is 9.84 Å². The fourth-order valence-electron chi connectivity index (χ4n) is 2.98. The number of aromatic carboxylic acids is 1. The summed E-state index contributed by atoms with van der Waals surface area (Å²) in [5.41, 5.74) is 3.28. The zero-order valence-electron chi connectivity index (χ0n) is 14.2. The van der Waals surface area contributed by atoms with Crippen LogP contribution in [0.15, 0.2) is 59.1 Å². The Morgan fingerprint density at radius 1 is 1.11 bits per heavy atom. The molecule has 0 amide bonds. The molecule has 0 bridgehead atoms. The molecule has 0 saturated carbocycles. The van der Waals surface area contributed by atoms with Crippen LogP contribution in [0.1, 0.15) is 10.4 Å². The Hall–Kier alpha value is -3.19. The fourth-order valence-corrected chi connectivity index (χ4v) is 3.52. The van der Waals surface area contributed by atoms with Crippen LogP contribution in [0.5, 0.6) is 5.75 Å². The quantitative estimate of drug-likeness (QED) is 0.493. The number of ether oxygens (including phenoxy) is 1. The summed E-state index contributed by atoms with van der Waals surface area (Å²) in [4.78, 5) is 16.5. The first kappa shape index (κ1) is 17.2. The minimum Gasteiger partial charge on any atom is -0.496 e. The van der Waals surface area contributed by atoms with E-state index in [-0.39, 0.29) is 5.56 Å². The lowest BCUT2D eigenvalue weighted by atomic mass is 10.0. The summed E-state index contributed by atoms with van der Waals surface area (Å²) in [5.74, 6) is -0.348. The number of H-pyrrole nitrogens is 1. The second-order valence-electron chi connectivity index (χ2n) is 5.87. The molecule has 4 rings (SSSR count). The molecular weight excluding hydrogens is 410 g/mol. The highest BCUT2D eigenvalue weighted by Gasteiger charge is 2.20. The highest BCUT2D eigenvalue weighted by atomic mass is 79.9. The van der Waals surface area contributed by atoms with Crippen LogP contribution in [0, 0.1) is 0 Å². The van der Waals surface area contributed by atoms with Crippen LogP contribution in [0.2, 0.25) is 0 Å². The molecule has 0 aliphatic rings. The molecule has 0 aliphatic carbocycles. The van der Waals surface area contributed by atoms with Crippen molar-refractivity contribution in [2.24, 2.45) is 0 Å². The Morgan fingerprint density at radius 2 is 1.89 bits per heavy atom. The largest absolute Gasteiger partial charge is 0.496 e. The van der Waals surface area contributed by atoms with Crippen molar-refractivity contribution in [2.75, 3.05) is 7.11 Å². The molecular formula is C20H14BrN3O3. The molecule has 0 fully saturated rings. The van der Waals surface area contributed by atoms with E-state index >= 15 is 0 Å². The van der Waals surface area contributed by atoms with Gasteiger partial charge in [0, 0.05) is 11.1 Å². The predicted octanol–water partition coefficient (Wildman–Crippen LogP) is 4.76. The van der Waals surface area contributed by atoms with E-state index in [1.807, 2.05) is 42.5 Å². The van der Waals surface area contributed by atoms with Crippen molar-refractivity contribution in [2.45, 2.75) is 0 Å².